The quantitative estimate of drug-likeness (QED) is 0.489. The average Bonchev–Trinajstić information content (AvgIpc) is 3.28. The lowest BCUT2D eigenvalue weighted by Crippen LogP contribution is -2.49. The number of para-hydroxylation sites is 1. The molecule has 0 bridgehead atoms. The molecule has 1 fully saturated rings. The number of nitrogens with one attached hydrogen (secondary N) is 1. The Morgan fingerprint density at radius 2 is 1.76 bits per heavy atom. The number of hydrogen-bond donors (Lipinski definition) is 1. The predicted octanol–water partition coefficient (Wildman–Crippen LogP) is 4.21. The minimum Gasteiger partial charge on any atom is -0.368 e. The monoisotopic (exact) mass is 480 g/mol. The number of thiazole rings is 1. The summed E-state index contributed by atoms with van der Waals surface area (Å²) in [7, 11) is 0. The van der Waals surface area contributed by atoms with Crippen molar-refractivity contribution in [1.29, 1.82) is 0 Å². The van der Waals surface area contributed by atoms with E-state index in [1.807, 2.05) is 54.3 Å². The first-order valence-electron chi connectivity index (χ1n) is 11.1. The summed E-state index contributed by atoms with van der Waals surface area (Å²) in [5.41, 5.74) is 2.85. The van der Waals surface area contributed by atoms with Crippen LogP contribution >= 0.6 is 23.1 Å². The van der Waals surface area contributed by atoms with Crippen molar-refractivity contribution in [2.75, 3.05) is 37.6 Å². The van der Waals surface area contributed by atoms with Gasteiger partial charge in [-0.3, -0.25) is 9.59 Å². The van der Waals surface area contributed by atoms with Crippen LogP contribution in [0.2, 0.25) is 0 Å². The van der Waals surface area contributed by atoms with Crippen LogP contribution < -0.4 is 10.2 Å². The van der Waals surface area contributed by atoms with Gasteiger partial charge in [0.25, 0.3) is 5.91 Å². The molecule has 2 aromatic carbocycles. The third kappa shape index (κ3) is 6.36. The highest BCUT2D eigenvalue weighted by Crippen LogP contribution is 2.27. The average molecular weight is 481 g/mol. The molecule has 3 aromatic rings. The number of aryl methyl sites for hydroxylation is 1. The molecule has 1 aliphatic rings. The third-order valence-corrected chi connectivity index (χ3v) is 7.48. The Labute approximate surface area is 203 Å². The maximum atomic E-state index is 12.8. The largest absolute Gasteiger partial charge is 0.368 e. The van der Waals surface area contributed by atoms with Crippen LogP contribution in [0.1, 0.15) is 27.5 Å². The summed E-state index contributed by atoms with van der Waals surface area (Å²) in [6.45, 7) is 5.39. The molecule has 0 unspecified atom stereocenters. The second-order valence-corrected chi connectivity index (χ2v) is 9.93. The molecule has 0 saturated carbocycles. The SMILES string of the molecule is Cc1nc(CSc2ccccc2C(=O)NCCC(=O)N2CCN(c3ccccc3)CC2)cs1. The number of anilines is 1. The molecular weight excluding hydrogens is 452 g/mol. The molecule has 0 radical (unpaired) electrons. The Morgan fingerprint density at radius 3 is 2.48 bits per heavy atom. The molecular formula is C25H28N4O2S2. The highest BCUT2D eigenvalue weighted by Gasteiger charge is 2.21. The van der Waals surface area contributed by atoms with Crippen LogP contribution in [0.5, 0.6) is 0 Å². The van der Waals surface area contributed by atoms with Gasteiger partial charge >= 0.3 is 0 Å². The van der Waals surface area contributed by atoms with Gasteiger partial charge in [-0.1, -0.05) is 30.3 Å². The fourth-order valence-corrected chi connectivity index (χ4v) is 5.46. The second kappa shape index (κ2) is 11.3. The van der Waals surface area contributed by atoms with Crippen molar-refractivity contribution in [3.05, 3.63) is 76.2 Å². The van der Waals surface area contributed by atoms with Crippen molar-refractivity contribution < 1.29 is 9.59 Å². The van der Waals surface area contributed by atoms with E-state index >= 15 is 0 Å². The zero-order valence-electron chi connectivity index (χ0n) is 18.7. The van der Waals surface area contributed by atoms with Crippen LogP contribution in [0.25, 0.3) is 0 Å². The van der Waals surface area contributed by atoms with Crippen molar-refractivity contribution >= 4 is 40.6 Å². The molecule has 33 heavy (non-hydrogen) atoms. The van der Waals surface area contributed by atoms with Gasteiger partial charge in [-0.25, -0.2) is 4.98 Å². The van der Waals surface area contributed by atoms with Gasteiger partial charge in [-0.05, 0) is 31.2 Å². The lowest BCUT2D eigenvalue weighted by Gasteiger charge is -2.36. The van der Waals surface area contributed by atoms with Gasteiger partial charge < -0.3 is 15.1 Å². The summed E-state index contributed by atoms with van der Waals surface area (Å²) >= 11 is 3.24. The van der Waals surface area contributed by atoms with Crippen LogP contribution in [0.15, 0.2) is 64.9 Å². The van der Waals surface area contributed by atoms with E-state index in [1.54, 1.807) is 23.1 Å². The number of carbonyl (C=O) groups is 2. The number of hydrogen-bond acceptors (Lipinski definition) is 6. The molecule has 172 valence electrons. The molecule has 0 spiro atoms. The molecule has 1 N–H and O–H groups in total. The molecule has 1 saturated heterocycles. The lowest BCUT2D eigenvalue weighted by molar-refractivity contribution is -0.131. The minimum absolute atomic E-state index is 0.0876. The first-order chi connectivity index (χ1) is 16.1. The first-order valence-corrected chi connectivity index (χ1v) is 13.0. The molecule has 2 heterocycles. The van der Waals surface area contributed by atoms with Gasteiger partial charge in [-0.2, -0.15) is 0 Å². The Balaban J connectivity index is 1.23. The number of nitrogens with zero attached hydrogens (tertiary/aromatic N) is 3. The number of benzene rings is 2. The molecule has 0 atom stereocenters. The molecule has 1 aliphatic heterocycles. The smallest absolute Gasteiger partial charge is 0.252 e. The Hall–Kier alpha value is -2.84. The van der Waals surface area contributed by atoms with Crippen LogP contribution in [-0.2, 0) is 10.5 Å². The van der Waals surface area contributed by atoms with E-state index in [2.05, 4.69) is 32.7 Å². The minimum atomic E-state index is -0.144. The number of rotatable bonds is 8. The predicted molar refractivity (Wildman–Crippen MR) is 135 cm³/mol. The van der Waals surface area contributed by atoms with Crippen molar-refractivity contribution in [1.82, 2.24) is 15.2 Å². The van der Waals surface area contributed by atoms with Crippen molar-refractivity contribution in [3.8, 4) is 0 Å². The maximum absolute atomic E-state index is 12.8. The lowest BCUT2D eigenvalue weighted by atomic mass is 10.2. The van der Waals surface area contributed by atoms with E-state index in [0.717, 1.165) is 34.4 Å². The van der Waals surface area contributed by atoms with Gasteiger partial charge in [-0.15, -0.1) is 23.1 Å². The fraction of sp³-hybridized carbons (Fsp3) is 0.320. The van der Waals surface area contributed by atoms with E-state index in [4.69, 9.17) is 0 Å². The molecule has 6 nitrogen and oxygen atoms in total. The van der Waals surface area contributed by atoms with E-state index in [9.17, 15) is 9.59 Å². The fourth-order valence-electron chi connectivity index (χ4n) is 3.80. The number of amides is 2. The molecule has 4 rings (SSSR count). The van der Waals surface area contributed by atoms with Crippen molar-refractivity contribution in [2.45, 2.75) is 24.0 Å². The summed E-state index contributed by atoms with van der Waals surface area (Å²) < 4.78 is 0. The van der Waals surface area contributed by atoms with Gasteiger partial charge in [0.1, 0.15) is 0 Å². The molecule has 2 amide bonds. The van der Waals surface area contributed by atoms with Crippen LogP contribution in [0.4, 0.5) is 5.69 Å². The van der Waals surface area contributed by atoms with Gasteiger partial charge in [0, 0.05) is 60.9 Å². The highest BCUT2D eigenvalue weighted by molar-refractivity contribution is 7.98. The van der Waals surface area contributed by atoms with Crippen molar-refractivity contribution in [3.63, 3.8) is 0 Å². The van der Waals surface area contributed by atoms with Gasteiger partial charge in [0.2, 0.25) is 5.91 Å². The summed E-state index contributed by atoms with van der Waals surface area (Å²) in [6, 6.07) is 17.9. The summed E-state index contributed by atoms with van der Waals surface area (Å²) in [5.74, 6) is 0.668. The Morgan fingerprint density at radius 1 is 1.03 bits per heavy atom. The number of aromatic nitrogens is 1. The first kappa shape index (κ1) is 23.3. The highest BCUT2D eigenvalue weighted by atomic mass is 32.2. The van der Waals surface area contributed by atoms with E-state index < -0.39 is 0 Å². The van der Waals surface area contributed by atoms with Crippen molar-refractivity contribution in [2.24, 2.45) is 0 Å². The zero-order chi connectivity index (χ0) is 23.0. The molecule has 8 heteroatoms. The third-order valence-electron chi connectivity index (χ3n) is 5.55. The number of carbonyl (C=O) groups excluding carboxylic acids is 2. The van der Waals surface area contributed by atoms with Crippen LogP contribution in [0, 0.1) is 6.92 Å². The van der Waals surface area contributed by atoms with Crippen LogP contribution in [-0.4, -0.2) is 54.4 Å². The molecule has 1 aromatic heterocycles. The topological polar surface area (TPSA) is 65.5 Å². The van der Waals surface area contributed by atoms with E-state index in [0.29, 0.717) is 31.6 Å². The second-order valence-electron chi connectivity index (χ2n) is 7.85. The normalized spacial score (nSPS) is 13.7. The summed E-state index contributed by atoms with van der Waals surface area (Å²) in [6.07, 6.45) is 0.310. The Kier molecular flexibility index (Phi) is 8.01. The van der Waals surface area contributed by atoms with E-state index in [1.165, 1.54) is 5.69 Å². The number of thioether (sulfide) groups is 1. The zero-order valence-corrected chi connectivity index (χ0v) is 20.3. The number of piperazine rings is 1. The van der Waals surface area contributed by atoms with E-state index in [-0.39, 0.29) is 11.8 Å². The van der Waals surface area contributed by atoms with Gasteiger partial charge in [0.05, 0.1) is 16.3 Å². The Bertz CT molecular complexity index is 1080. The van der Waals surface area contributed by atoms with Crippen LogP contribution in [0.3, 0.4) is 0 Å². The standard InChI is InChI=1S/C25H28N4O2S2/c1-19-27-20(17-32-19)18-33-23-10-6-5-9-22(23)25(31)26-12-11-24(30)29-15-13-28(14-16-29)21-7-3-2-4-8-21/h2-10,17H,11-16,18H2,1H3,(H,26,31). The van der Waals surface area contributed by atoms with Gasteiger partial charge in [0.15, 0.2) is 0 Å². The summed E-state index contributed by atoms with van der Waals surface area (Å²) in [4.78, 5) is 35.0. The maximum Gasteiger partial charge on any atom is 0.252 e. The molecule has 0 aliphatic carbocycles. The summed E-state index contributed by atoms with van der Waals surface area (Å²) in [5, 5.41) is 6.02.